The summed E-state index contributed by atoms with van der Waals surface area (Å²) >= 11 is 0. The Bertz CT molecular complexity index is 113. The zero-order valence-electron chi connectivity index (χ0n) is 7.78. The maximum atomic E-state index is 2.41. The first-order valence-corrected chi connectivity index (χ1v) is 4.54. The third-order valence-corrected chi connectivity index (χ3v) is 3.57. The molecule has 0 saturated heterocycles. The van der Waals surface area contributed by atoms with Crippen LogP contribution in [0.1, 0.15) is 47.0 Å². The minimum absolute atomic E-state index is 0.609. The summed E-state index contributed by atoms with van der Waals surface area (Å²) in [6.07, 6.45) is 4.32. The van der Waals surface area contributed by atoms with Gasteiger partial charge in [-0.05, 0) is 23.7 Å². The molecular weight excluding hydrogens is 120 g/mol. The van der Waals surface area contributed by atoms with Crippen LogP contribution in [0.4, 0.5) is 0 Å². The van der Waals surface area contributed by atoms with Crippen molar-refractivity contribution in [1.82, 2.24) is 0 Å². The molecule has 2 atom stereocenters. The van der Waals surface area contributed by atoms with Crippen LogP contribution in [0.2, 0.25) is 0 Å². The van der Waals surface area contributed by atoms with Gasteiger partial charge in [0.1, 0.15) is 0 Å². The standard InChI is InChI=1S/C10H20/c1-8-6-5-7-10(3,4)9(8)2/h8-9H,5-7H2,1-4H3/t8-,9?/m1/s1. The SMILES string of the molecule is CC1[C@H](C)CCCC1(C)C. The number of hydrogen-bond acceptors (Lipinski definition) is 0. The van der Waals surface area contributed by atoms with E-state index in [-0.39, 0.29) is 0 Å². The van der Waals surface area contributed by atoms with E-state index in [9.17, 15) is 0 Å². The van der Waals surface area contributed by atoms with Gasteiger partial charge in [0, 0.05) is 0 Å². The molecule has 1 aliphatic carbocycles. The van der Waals surface area contributed by atoms with E-state index < -0.39 is 0 Å². The van der Waals surface area contributed by atoms with Crippen LogP contribution >= 0.6 is 0 Å². The molecule has 10 heavy (non-hydrogen) atoms. The van der Waals surface area contributed by atoms with Crippen molar-refractivity contribution in [3.8, 4) is 0 Å². The molecule has 1 aliphatic rings. The van der Waals surface area contributed by atoms with Gasteiger partial charge in [0.05, 0.1) is 0 Å². The summed E-state index contributed by atoms with van der Waals surface area (Å²) < 4.78 is 0. The summed E-state index contributed by atoms with van der Waals surface area (Å²) in [7, 11) is 0. The molecule has 0 heterocycles. The molecule has 0 aromatic carbocycles. The second kappa shape index (κ2) is 2.56. The topological polar surface area (TPSA) is 0 Å². The van der Waals surface area contributed by atoms with Crippen LogP contribution in [0.15, 0.2) is 0 Å². The third-order valence-electron chi connectivity index (χ3n) is 3.57. The number of hydrogen-bond donors (Lipinski definition) is 0. The maximum Gasteiger partial charge on any atom is -0.0326 e. The van der Waals surface area contributed by atoms with E-state index in [1.807, 2.05) is 0 Å². The lowest BCUT2D eigenvalue weighted by atomic mass is 9.65. The van der Waals surface area contributed by atoms with Crippen molar-refractivity contribution in [3.05, 3.63) is 0 Å². The molecule has 0 aromatic rings. The van der Waals surface area contributed by atoms with Gasteiger partial charge < -0.3 is 0 Å². The van der Waals surface area contributed by atoms with Gasteiger partial charge in [-0.2, -0.15) is 0 Å². The lowest BCUT2D eigenvalue weighted by Crippen LogP contribution is -2.31. The molecule has 1 rings (SSSR count). The fourth-order valence-electron chi connectivity index (χ4n) is 2.13. The Morgan fingerprint density at radius 2 is 1.80 bits per heavy atom. The molecule has 1 fully saturated rings. The molecule has 60 valence electrons. The Morgan fingerprint density at radius 1 is 1.20 bits per heavy atom. The highest BCUT2D eigenvalue weighted by Crippen LogP contribution is 2.43. The van der Waals surface area contributed by atoms with Crippen LogP contribution in [0, 0.1) is 17.3 Å². The third kappa shape index (κ3) is 1.36. The molecule has 0 spiro atoms. The summed E-state index contributed by atoms with van der Waals surface area (Å²) in [6, 6.07) is 0. The van der Waals surface area contributed by atoms with E-state index in [1.54, 1.807) is 0 Å². The van der Waals surface area contributed by atoms with Crippen molar-refractivity contribution >= 4 is 0 Å². The van der Waals surface area contributed by atoms with E-state index in [1.165, 1.54) is 19.3 Å². The normalized spacial score (nSPS) is 39.6. The Balaban J connectivity index is 2.60. The van der Waals surface area contributed by atoms with Crippen molar-refractivity contribution < 1.29 is 0 Å². The van der Waals surface area contributed by atoms with Gasteiger partial charge in [0.2, 0.25) is 0 Å². The molecule has 0 bridgehead atoms. The van der Waals surface area contributed by atoms with Crippen molar-refractivity contribution in [2.75, 3.05) is 0 Å². The van der Waals surface area contributed by atoms with Crippen molar-refractivity contribution in [2.45, 2.75) is 47.0 Å². The first-order valence-electron chi connectivity index (χ1n) is 4.54. The van der Waals surface area contributed by atoms with Crippen molar-refractivity contribution in [1.29, 1.82) is 0 Å². The first kappa shape index (κ1) is 8.10. The fraction of sp³-hybridized carbons (Fsp3) is 1.00. The molecule has 0 N–H and O–H groups in total. The number of rotatable bonds is 0. The molecule has 0 amide bonds. The van der Waals surface area contributed by atoms with Gasteiger partial charge >= 0.3 is 0 Å². The summed E-state index contributed by atoms with van der Waals surface area (Å²) in [5.74, 6) is 1.87. The highest BCUT2D eigenvalue weighted by atomic mass is 14.4. The molecule has 0 heteroatoms. The fourth-order valence-corrected chi connectivity index (χ4v) is 2.13. The maximum absolute atomic E-state index is 2.41. The highest BCUT2D eigenvalue weighted by molar-refractivity contribution is 4.83. The van der Waals surface area contributed by atoms with Crippen LogP contribution in [0.3, 0.4) is 0 Å². The zero-order chi connectivity index (χ0) is 7.78. The van der Waals surface area contributed by atoms with Gasteiger partial charge in [-0.1, -0.05) is 40.5 Å². The Labute approximate surface area is 65.0 Å². The van der Waals surface area contributed by atoms with Gasteiger partial charge in [0.25, 0.3) is 0 Å². The molecule has 0 nitrogen and oxygen atoms in total. The van der Waals surface area contributed by atoms with Gasteiger partial charge in [-0.15, -0.1) is 0 Å². The van der Waals surface area contributed by atoms with E-state index >= 15 is 0 Å². The second-order valence-corrected chi connectivity index (χ2v) is 4.65. The second-order valence-electron chi connectivity index (χ2n) is 4.65. The van der Waals surface area contributed by atoms with Gasteiger partial charge in [0.15, 0.2) is 0 Å². The molecule has 0 aliphatic heterocycles. The van der Waals surface area contributed by atoms with E-state index in [0.29, 0.717) is 5.41 Å². The largest absolute Gasteiger partial charge is 0.0622 e. The van der Waals surface area contributed by atoms with Crippen LogP contribution in [-0.4, -0.2) is 0 Å². The minimum atomic E-state index is 0.609. The molecule has 0 radical (unpaired) electrons. The van der Waals surface area contributed by atoms with E-state index in [4.69, 9.17) is 0 Å². The monoisotopic (exact) mass is 140 g/mol. The zero-order valence-corrected chi connectivity index (χ0v) is 7.78. The van der Waals surface area contributed by atoms with Crippen LogP contribution in [0.25, 0.3) is 0 Å². The summed E-state index contributed by atoms with van der Waals surface area (Å²) in [4.78, 5) is 0. The molecule has 1 saturated carbocycles. The molecular formula is C10H20. The van der Waals surface area contributed by atoms with Gasteiger partial charge in [-0.3, -0.25) is 0 Å². The minimum Gasteiger partial charge on any atom is -0.0622 e. The highest BCUT2D eigenvalue weighted by Gasteiger charge is 2.32. The lowest BCUT2D eigenvalue weighted by Gasteiger charge is -2.40. The van der Waals surface area contributed by atoms with Crippen molar-refractivity contribution in [3.63, 3.8) is 0 Å². The Hall–Kier alpha value is 0. The predicted molar refractivity (Wildman–Crippen MR) is 46.0 cm³/mol. The van der Waals surface area contributed by atoms with Crippen molar-refractivity contribution in [2.24, 2.45) is 17.3 Å². The summed E-state index contributed by atoms with van der Waals surface area (Å²) in [5, 5.41) is 0. The average Bonchev–Trinajstić information content (AvgIpc) is 1.83. The lowest BCUT2D eigenvalue weighted by molar-refractivity contribution is 0.0996. The van der Waals surface area contributed by atoms with Crippen LogP contribution in [0.5, 0.6) is 0 Å². The summed E-state index contributed by atoms with van der Waals surface area (Å²) in [5.41, 5.74) is 0.609. The Morgan fingerprint density at radius 3 is 2.20 bits per heavy atom. The molecule has 0 aromatic heterocycles. The smallest absolute Gasteiger partial charge is 0.0326 e. The van der Waals surface area contributed by atoms with Gasteiger partial charge in [-0.25, -0.2) is 0 Å². The Kier molecular flexibility index (Phi) is 2.07. The van der Waals surface area contributed by atoms with Crippen LogP contribution in [-0.2, 0) is 0 Å². The quantitative estimate of drug-likeness (QED) is 0.483. The van der Waals surface area contributed by atoms with E-state index in [0.717, 1.165) is 11.8 Å². The summed E-state index contributed by atoms with van der Waals surface area (Å²) in [6.45, 7) is 9.62. The first-order chi connectivity index (χ1) is 4.54. The average molecular weight is 140 g/mol. The predicted octanol–water partition coefficient (Wildman–Crippen LogP) is 3.47. The van der Waals surface area contributed by atoms with E-state index in [2.05, 4.69) is 27.7 Å². The molecule has 1 unspecified atom stereocenters. The van der Waals surface area contributed by atoms with Crippen LogP contribution < -0.4 is 0 Å².